The van der Waals surface area contributed by atoms with Gasteiger partial charge in [0.15, 0.2) is 0 Å². The molecule has 0 aliphatic heterocycles. The van der Waals surface area contributed by atoms with Crippen molar-refractivity contribution in [2.75, 3.05) is 12.8 Å². The van der Waals surface area contributed by atoms with Gasteiger partial charge in [-0.1, -0.05) is 6.07 Å². The Morgan fingerprint density at radius 3 is 2.92 bits per heavy atom. The molecule has 0 heterocycles. The zero-order valence-corrected chi connectivity index (χ0v) is 6.70. The van der Waals surface area contributed by atoms with Gasteiger partial charge in [-0.3, -0.25) is 9.63 Å². The van der Waals surface area contributed by atoms with Crippen LogP contribution in [-0.4, -0.2) is 13.0 Å². The predicted molar refractivity (Wildman–Crippen MR) is 45.3 cm³/mol. The molecule has 0 aromatic heterocycles. The van der Waals surface area contributed by atoms with Crippen molar-refractivity contribution in [1.82, 2.24) is 5.48 Å². The second kappa shape index (κ2) is 3.73. The molecule has 3 N–H and O–H groups in total. The first-order valence-electron chi connectivity index (χ1n) is 3.43. The first-order valence-corrected chi connectivity index (χ1v) is 3.43. The number of rotatable bonds is 2. The molecule has 0 bridgehead atoms. The van der Waals surface area contributed by atoms with E-state index >= 15 is 0 Å². The van der Waals surface area contributed by atoms with Crippen LogP contribution >= 0.6 is 0 Å². The topological polar surface area (TPSA) is 64.3 Å². The van der Waals surface area contributed by atoms with Gasteiger partial charge in [0.05, 0.1) is 7.11 Å². The highest BCUT2D eigenvalue weighted by atomic mass is 16.6. The third-order valence-corrected chi connectivity index (χ3v) is 1.34. The zero-order valence-electron chi connectivity index (χ0n) is 6.70. The minimum atomic E-state index is -0.301. The molecule has 4 heteroatoms. The van der Waals surface area contributed by atoms with Crippen molar-refractivity contribution < 1.29 is 9.63 Å². The predicted octanol–water partition coefficient (Wildman–Crippen LogP) is 0.560. The van der Waals surface area contributed by atoms with Gasteiger partial charge in [0.1, 0.15) is 0 Å². The van der Waals surface area contributed by atoms with E-state index in [0.717, 1.165) is 0 Å². The van der Waals surface area contributed by atoms with E-state index < -0.39 is 0 Å². The molecule has 0 saturated carbocycles. The van der Waals surface area contributed by atoms with E-state index in [0.29, 0.717) is 11.3 Å². The van der Waals surface area contributed by atoms with Gasteiger partial charge in [0.2, 0.25) is 0 Å². The minimum Gasteiger partial charge on any atom is -0.399 e. The Morgan fingerprint density at radius 1 is 1.58 bits per heavy atom. The molecule has 0 atom stereocenters. The number of nitrogens with one attached hydrogen (secondary N) is 1. The van der Waals surface area contributed by atoms with Gasteiger partial charge in [-0.25, -0.2) is 5.48 Å². The summed E-state index contributed by atoms with van der Waals surface area (Å²) in [5.41, 5.74) is 8.70. The summed E-state index contributed by atoms with van der Waals surface area (Å²) in [7, 11) is 1.38. The molecule has 1 aromatic rings. The van der Waals surface area contributed by atoms with Crippen LogP contribution in [-0.2, 0) is 4.84 Å². The maximum atomic E-state index is 11.1. The van der Waals surface area contributed by atoms with Gasteiger partial charge in [0.25, 0.3) is 5.91 Å². The van der Waals surface area contributed by atoms with Gasteiger partial charge in [-0.05, 0) is 18.2 Å². The summed E-state index contributed by atoms with van der Waals surface area (Å²) in [5, 5.41) is 0. The number of anilines is 1. The molecule has 64 valence electrons. The van der Waals surface area contributed by atoms with E-state index in [1.165, 1.54) is 7.11 Å². The van der Waals surface area contributed by atoms with Gasteiger partial charge in [0, 0.05) is 11.3 Å². The number of benzene rings is 1. The SMILES string of the molecule is CONC(=O)c1cccc(N)c1. The fourth-order valence-electron chi connectivity index (χ4n) is 0.832. The standard InChI is InChI=1S/C8H10N2O2/c1-12-10-8(11)6-3-2-4-7(9)5-6/h2-5H,9H2,1H3,(H,10,11). The number of hydroxylamine groups is 1. The lowest BCUT2D eigenvalue weighted by Crippen LogP contribution is -2.21. The molecule has 0 saturated heterocycles. The smallest absolute Gasteiger partial charge is 0.274 e. The van der Waals surface area contributed by atoms with Crippen molar-refractivity contribution in [3.8, 4) is 0 Å². The maximum Gasteiger partial charge on any atom is 0.274 e. The summed E-state index contributed by atoms with van der Waals surface area (Å²) in [6.45, 7) is 0. The maximum absolute atomic E-state index is 11.1. The summed E-state index contributed by atoms with van der Waals surface area (Å²) < 4.78 is 0. The van der Waals surface area contributed by atoms with E-state index in [9.17, 15) is 4.79 Å². The lowest BCUT2D eigenvalue weighted by molar-refractivity contribution is 0.0537. The number of nitrogen functional groups attached to an aromatic ring is 1. The molecule has 0 unspecified atom stereocenters. The molecule has 1 amide bonds. The molecule has 0 radical (unpaired) electrons. The van der Waals surface area contributed by atoms with E-state index in [-0.39, 0.29) is 5.91 Å². The van der Waals surface area contributed by atoms with Crippen molar-refractivity contribution >= 4 is 11.6 Å². The number of carbonyl (C=O) groups is 1. The molecule has 0 spiro atoms. The number of carbonyl (C=O) groups excluding carboxylic acids is 1. The molecule has 0 aliphatic carbocycles. The highest BCUT2D eigenvalue weighted by molar-refractivity contribution is 5.94. The van der Waals surface area contributed by atoms with Crippen LogP contribution in [0.3, 0.4) is 0 Å². The monoisotopic (exact) mass is 166 g/mol. The summed E-state index contributed by atoms with van der Waals surface area (Å²) in [5.74, 6) is -0.301. The first-order chi connectivity index (χ1) is 5.74. The minimum absolute atomic E-state index is 0.301. The number of hydrogen-bond donors (Lipinski definition) is 2. The number of amides is 1. The lowest BCUT2D eigenvalue weighted by Gasteiger charge is -2.01. The van der Waals surface area contributed by atoms with Crippen molar-refractivity contribution in [2.24, 2.45) is 0 Å². The average molecular weight is 166 g/mol. The molecule has 0 fully saturated rings. The Bertz CT molecular complexity index is 286. The van der Waals surface area contributed by atoms with Crippen LogP contribution in [0.15, 0.2) is 24.3 Å². The van der Waals surface area contributed by atoms with Crippen molar-refractivity contribution in [2.45, 2.75) is 0 Å². The third-order valence-electron chi connectivity index (χ3n) is 1.34. The largest absolute Gasteiger partial charge is 0.399 e. The molecule has 4 nitrogen and oxygen atoms in total. The van der Waals surface area contributed by atoms with Crippen LogP contribution in [0.25, 0.3) is 0 Å². The molecule has 1 rings (SSSR count). The highest BCUT2D eigenvalue weighted by Crippen LogP contribution is 2.05. The normalized spacial score (nSPS) is 9.42. The van der Waals surface area contributed by atoms with E-state index in [1.807, 2.05) is 0 Å². The van der Waals surface area contributed by atoms with Crippen LogP contribution in [0.1, 0.15) is 10.4 Å². The zero-order chi connectivity index (χ0) is 8.97. The second-order valence-electron chi connectivity index (χ2n) is 2.26. The van der Waals surface area contributed by atoms with Gasteiger partial charge in [-0.15, -0.1) is 0 Å². The Morgan fingerprint density at radius 2 is 2.33 bits per heavy atom. The number of hydrogen-bond acceptors (Lipinski definition) is 3. The summed E-state index contributed by atoms with van der Waals surface area (Å²) >= 11 is 0. The van der Waals surface area contributed by atoms with Gasteiger partial charge < -0.3 is 5.73 Å². The Labute approximate surface area is 70.3 Å². The van der Waals surface area contributed by atoms with Crippen LogP contribution in [0.4, 0.5) is 5.69 Å². The van der Waals surface area contributed by atoms with E-state index in [2.05, 4.69) is 10.3 Å². The highest BCUT2D eigenvalue weighted by Gasteiger charge is 2.03. The van der Waals surface area contributed by atoms with Crippen LogP contribution < -0.4 is 11.2 Å². The molecule has 0 aliphatic rings. The molecule has 12 heavy (non-hydrogen) atoms. The Kier molecular flexibility index (Phi) is 2.66. The number of nitrogens with two attached hydrogens (primary N) is 1. The van der Waals surface area contributed by atoms with Crippen LogP contribution in [0.2, 0.25) is 0 Å². The van der Waals surface area contributed by atoms with E-state index in [1.54, 1.807) is 24.3 Å². The molecule has 1 aromatic carbocycles. The van der Waals surface area contributed by atoms with Crippen LogP contribution in [0, 0.1) is 0 Å². The average Bonchev–Trinajstić information content (AvgIpc) is 2.05. The van der Waals surface area contributed by atoms with Crippen molar-refractivity contribution in [3.63, 3.8) is 0 Å². The third kappa shape index (κ3) is 1.96. The first kappa shape index (κ1) is 8.55. The Hall–Kier alpha value is -1.55. The van der Waals surface area contributed by atoms with Crippen molar-refractivity contribution in [3.05, 3.63) is 29.8 Å². The summed E-state index contributed by atoms with van der Waals surface area (Å²) in [4.78, 5) is 15.6. The summed E-state index contributed by atoms with van der Waals surface area (Å²) in [6, 6.07) is 6.66. The van der Waals surface area contributed by atoms with E-state index in [4.69, 9.17) is 5.73 Å². The lowest BCUT2D eigenvalue weighted by atomic mass is 10.2. The molecular weight excluding hydrogens is 156 g/mol. The van der Waals surface area contributed by atoms with Gasteiger partial charge >= 0.3 is 0 Å². The summed E-state index contributed by atoms with van der Waals surface area (Å²) in [6.07, 6.45) is 0. The molecular formula is C8H10N2O2. The fraction of sp³-hybridized carbons (Fsp3) is 0.125. The second-order valence-corrected chi connectivity index (χ2v) is 2.26. The Balaban J connectivity index is 2.81. The van der Waals surface area contributed by atoms with Crippen molar-refractivity contribution in [1.29, 1.82) is 0 Å². The van der Waals surface area contributed by atoms with Crippen LogP contribution in [0.5, 0.6) is 0 Å². The van der Waals surface area contributed by atoms with Gasteiger partial charge in [-0.2, -0.15) is 0 Å². The quantitative estimate of drug-likeness (QED) is 0.498. The fourth-order valence-corrected chi connectivity index (χ4v) is 0.832.